The highest BCUT2D eigenvalue weighted by molar-refractivity contribution is 5.34. The molecule has 1 aromatic rings. The first-order valence-electron chi connectivity index (χ1n) is 5.96. The van der Waals surface area contributed by atoms with E-state index in [9.17, 15) is 20.1 Å². The van der Waals surface area contributed by atoms with E-state index >= 15 is 0 Å². The number of hydrogen-bond acceptors (Lipinski definition) is 8. The van der Waals surface area contributed by atoms with Crippen LogP contribution in [0.2, 0.25) is 0 Å². The lowest BCUT2D eigenvalue weighted by atomic mass is 10.0. The minimum atomic E-state index is -2.20. The number of nitrogen functional groups attached to an aromatic ring is 1. The molecule has 2 rings (SSSR count). The first kappa shape index (κ1) is 14.8. The molecule has 0 spiro atoms. The first-order valence-corrected chi connectivity index (χ1v) is 5.96. The maximum atomic E-state index is 11.8. The van der Waals surface area contributed by atoms with Crippen molar-refractivity contribution in [1.29, 1.82) is 0 Å². The summed E-state index contributed by atoms with van der Waals surface area (Å²) in [6.45, 7) is 2.76. The quantitative estimate of drug-likeness (QED) is 0.490. The number of aliphatic hydroxyl groups excluding tert-OH is 2. The fraction of sp³-hybridized carbons (Fsp3) is 0.417. The lowest BCUT2D eigenvalue weighted by Crippen LogP contribution is -2.42. The summed E-state index contributed by atoms with van der Waals surface area (Å²) in [6.07, 6.45) is -1.64. The van der Waals surface area contributed by atoms with Gasteiger partial charge < -0.3 is 25.8 Å². The minimum absolute atomic E-state index is 0.243. The number of aliphatic hydroxyl groups is 3. The second-order valence-corrected chi connectivity index (χ2v) is 4.40. The topological polar surface area (TPSA) is 144 Å². The highest BCUT2D eigenvalue weighted by Gasteiger charge is 2.52. The summed E-state index contributed by atoms with van der Waals surface area (Å²) in [6, 6.07) is 0. The number of anilines is 1. The Balaban J connectivity index is 2.59. The van der Waals surface area contributed by atoms with Crippen molar-refractivity contribution in [2.45, 2.75) is 31.8 Å². The van der Waals surface area contributed by atoms with Gasteiger partial charge in [-0.1, -0.05) is 5.92 Å². The van der Waals surface area contributed by atoms with Crippen LogP contribution < -0.4 is 11.4 Å². The predicted molar refractivity (Wildman–Crippen MR) is 70.6 cm³/mol. The van der Waals surface area contributed by atoms with Gasteiger partial charge in [0.15, 0.2) is 11.5 Å². The van der Waals surface area contributed by atoms with Crippen molar-refractivity contribution in [3.8, 4) is 11.8 Å². The van der Waals surface area contributed by atoms with Gasteiger partial charge >= 0.3 is 5.69 Å². The lowest BCUT2D eigenvalue weighted by molar-refractivity contribution is -0.0602. The van der Waals surface area contributed by atoms with E-state index < -0.39 is 29.4 Å². The Kier molecular flexibility index (Phi) is 3.59. The molecule has 1 unspecified atom stereocenters. The number of nitrogens with zero attached hydrogens (tertiary/aromatic N) is 3. The Bertz CT molecular complexity index is 714. The van der Waals surface area contributed by atoms with Gasteiger partial charge in [0.1, 0.15) is 12.4 Å². The van der Waals surface area contributed by atoms with Crippen molar-refractivity contribution in [2.24, 2.45) is 0 Å². The van der Waals surface area contributed by atoms with Crippen molar-refractivity contribution in [3.05, 3.63) is 28.3 Å². The van der Waals surface area contributed by atoms with Crippen molar-refractivity contribution in [3.63, 3.8) is 0 Å². The van der Waals surface area contributed by atoms with E-state index in [1.165, 1.54) is 13.8 Å². The molecule has 9 nitrogen and oxygen atoms in total. The zero-order valence-corrected chi connectivity index (χ0v) is 11.3. The van der Waals surface area contributed by atoms with E-state index in [1.54, 1.807) is 0 Å². The molecule has 0 saturated carbocycles. The maximum Gasteiger partial charge on any atom is 0.355 e. The molecule has 0 aromatic carbocycles. The summed E-state index contributed by atoms with van der Waals surface area (Å²) >= 11 is 0. The highest BCUT2D eigenvalue weighted by Crippen LogP contribution is 2.40. The van der Waals surface area contributed by atoms with Crippen molar-refractivity contribution in [1.82, 2.24) is 14.5 Å². The highest BCUT2D eigenvalue weighted by atomic mass is 16.6. The fourth-order valence-corrected chi connectivity index (χ4v) is 1.95. The average molecular weight is 294 g/mol. The number of ether oxygens (including phenoxy) is 1. The predicted octanol–water partition coefficient (Wildman–Crippen LogP) is -1.35. The van der Waals surface area contributed by atoms with Gasteiger partial charge in [-0.3, -0.25) is 0 Å². The molecule has 9 heteroatoms. The van der Waals surface area contributed by atoms with Crippen molar-refractivity contribution >= 4 is 5.95 Å². The monoisotopic (exact) mass is 294 g/mol. The molecule has 0 bridgehead atoms. The van der Waals surface area contributed by atoms with Crippen LogP contribution in [0, 0.1) is 11.8 Å². The SMILES string of the molecule is CC#CC1(O)C(O)=C([C@H](C)O)O[C@H]1n1cnc(N)nc1=O. The van der Waals surface area contributed by atoms with Crippen LogP contribution >= 0.6 is 0 Å². The number of hydrogen-bond donors (Lipinski definition) is 4. The van der Waals surface area contributed by atoms with Gasteiger partial charge in [-0.2, -0.15) is 4.98 Å². The first-order chi connectivity index (χ1) is 9.81. The van der Waals surface area contributed by atoms with Crippen molar-refractivity contribution in [2.75, 3.05) is 5.73 Å². The average Bonchev–Trinajstić information content (AvgIpc) is 2.64. The third-order valence-corrected chi connectivity index (χ3v) is 2.88. The second-order valence-electron chi connectivity index (χ2n) is 4.40. The summed E-state index contributed by atoms with van der Waals surface area (Å²) in [5.74, 6) is 3.60. The molecule has 3 atom stereocenters. The fourth-order valence-electron chi connectivity index (χ4n) is 1.95. The summed E-state index contributed by atoms with van der Waals surface area (Å²) in [5.41, 5.74) is 2.24. The van der Waals surface area contributed by atoms with Crippen LogP contribution in [0.1, 0.15) is 20.1 Å². The van der Waals surface area contributed by atoms with E-state index in [0.29, 0.717) is 0 Å². The number of rotatable bonds is 2. The van der Waals surface area contributed by atoms with E-state index in [0.717, 1.165) is 10.9 Å². The summed E-state index contributed by atoms with van der Waals surface area (Å²) in [5, 5.41) is 30.1. The summed E-state index contributed by atoms with van der Waals surface area (Å²) in [7, 11) is 0. The summed E-state index contributed by atoms with van der Waals surface area (Å²) in [4.78, 5) is 18.9. The molecule has 1 aliphatic heterocycles. The van der Waals surface area contributed by atoms with Crippen LogP contribution in [0.4, 0.5) is 5.95 Å². The molecule has 0 aliphatic carbocycles. The molecule has 1 aliphatic rings. The molecule has 5 N–H and O–H groups in total. The second kappa shape index (κ2) is 5.08. The van der Waals surface area contributed by atoms with Crippen LogP contribution in [0.15, 0.2) is 22.6 Å². The largest absolute Gasteiger partial charge is 0.505 e. The molecule has 0 saturated heterocycles. The van der Waals surface area contributed by atoms with Crippen LogP contribution in [0.3, 0.4) is 0 Å². The third-order valence-electron chi connectivity index (χ3n) is 2.88. The Morgan fingerprint density at radius 3 is 2.81 bits per heavy atom. The van der Waals surface area contributed by atoms with Crippen LogP contribution in [0.25, 0.3) is 0 Å². The Labute approximate surface area is 119 Å². The molecule has 2 heterocycles. The van der Waals surface area contributed by atoms with Gasteiger partial charge in [0.25, 0.3) is 0 Å². The Morgan fingerprint density at radius 2 is 2.29 bits per heavy atom. The smallest absolute Gasteiger partial charge is 0.355 e. The zero-order chi connectivity index (χ0) is 15.8. The molecular formula is C12H14N4O5. The molecule has 0 radical (unpaired) electrons. The Hall–Kier alpha value is -2.57. The van der Waals surface area contributed by atoms with Crippen molar-refractivity contribution < 1.29 is 20.1 Å². The van der Waals surface area contributed by atoms with E-state index in [2.05, 4.69) is 21.8 Å². The standard InChI is InChI=1S/C12H14N4O5/c1-3-4-12(20)8(18)7(6(2)17)21-9(12)16-5-14-10(13)15-11(16)19/h5-6,9,17-18,20H,1-2H3,(H2,13,15,19)/t6-,9+,12?/m0/s1. The maximum absolute atomic E-state index is 11.8. The normalized spacial score (nSPS) is 26.0. The zero-order valence-electron chi connectivity index (χ0n) is 11.3. The molecular weight excluding hydrogens is 280 g/mol. The minimum Gasteiger partial charge on any atom is -0.505 e. The molecule has 1 aromatic heterocycles. The summed E-state index contributed by atoms with van der Waals surface area (Å²) < 4.78 is 6.11. The Morgan fingerprint density at radius 1 is 1.62 bits per heavy atom. The van der Waals surface area contributed by atoms with Crippen LogP contribution in [0.5, 0.6) is 0 Å². The van der Waals surface area contributed by atoms with E-state index in [4.69, 9.17) is 10.5 Å². The van der Waals surface area contributed by atoms with Crippen LogP contribution in [-0.2, 0) is 4.74 Å². The van der Waals surface area contributed by atoms with E-state index in [-0.39, 0.29) is 11.7 Å². The van der Waals surface area contributed by atoms with Gasteiger partial charge in [-0.15, -0.1) is 5.92 Å². The van der Waals surface area contributed by atoms with Gasteiger partial charge in [0.05, 0.1) is 0 Å². The molecule has 112 valence electrons. The van der Waals surface area contributed by atoms with Gasteiger partial charge in [0, 0.05) is 0 Å². The molecule has 0 amide bonds. The third kappa shape index (κ3) is 2.31. The van der Waals surface area contributed by atoms with Gasteiger partial charge in [0.2, 0.25) is 17.8 Å². The lowest BCUT2D eigenvalue weighted by Gasteiger charge is -2.24. The van der Waals surface area contributed by atoms with Crippen LogP contribution in [-0.4, -0.2) is 41.6 Å². The van der Waals surface area contributed by atoms with E-state index in [1.807, 2.05) is 0 Å². The molecule has 0 fully saturated rings. The van der Waals surface area contributed by atoms with Gasteiger partial charge in [-0.25, -0.2) is 14.3 Å². The number of aromatic nitrogens is 3. The number of nitrogens with two attached hydrogens (primary N) is 1. The molecule has 21 heavy (non-hydrogen) atoms. The van der Waals surface area contributed by atoms with Gasteiger partial charge in [-0.05, 0) is 13.8 Å².